The zero-order valence-corrected chi connectivity index (χ0v) is 15.2. The van der Waals surface area contributed by atoms with Crippen molar-refractivity contribution in [3.8, 4) is 0 Å². The summed E-state index contributed by atoms with van der Waals surface area (Å²) in [6.07, 6.45) is 2.21. The van der Waals surface area contributed by atoms with Crippen molar-refractivity contribution in [3.63, 3.8) is 0 Å². The fourth-order valence-electron chi connectivity index (χ4n) is 2.98. The van der Waals surface area contributed by atoms with Crippen molar-refractivity contribution < 1.29 is 18.8 Å². The van der Waals surface area contributed by atoms with E-state index in [1.165, 1.54) is 0 Å². The number of amides is 1. The normalized spacial score (nSPS) is 20.0. The van der Waals surface area contributed by atoms with Crippen LogP contribution in [0.1, 0.15) is 33.8 Å². The smallest absolute Gasteiger partial charge is 0.255 e. The number of nitrogens with zero attached hydrogens (tertiary/aromatic N) is 2. The summed E-state index contributed by atoms with van der Waals surface area (Å²) < 4.78 is 16.8. The van der Waals surface area contributed by atoms with Gasteiger partial charge in [-0.15, -0.1) is 0 Å². The van der Waals surface area contributed by atoms with E-state index in [1.807, 2.05) is 13.8 Å². The quantitative estimate of drug-likeness (QED) is 0.811. The number of aryl methyl sites for hydroxylation is 2. The van der Waals surface area contributed by atoms with E-state index in [2.05, 4.69) is 20.8 Å². The lowest BCUT2D eigenvalue weighted by atomic mass is 10.1. The van der Waals surface area contributed by atoms with E-state index in [4.69, 9.17) is 14.0 Å². The largest absolute Gasteiger partial charge is 0.379 e. The van der Waals surface area contributed by atoms with Crippen LogP contribution in [0.3, 0.4) is 0 Å². The van der Waals surface area contributed by atoms with Crippen molar-refractivity contribution >= 4 is 11.7 Å². The van der Waals surface area contributed by atoms with E-state index < -0.39 is 0 Å². The number of nitrogens with one attached hydrogen (secondary N) is 2. The molecule has 2 aromatic heterocycles. The first-order chi connectivity index (χ1) is 12.6. The van der Waals surface area contributed by atoms with Crippen LogP contribution >= 0.6 is 0 Å². The Morgan fingerprint density at radius 2 is 2.27 bits per heavy atom. The SMILES string of the molecule is CNc1ncccc1C(=O)N[C@@H]1COCC[C@@H]1OCc1c(C)noc1C. The molecule has 8 nitrogen and oxygen atoms in total. The fourth-order valence-corrected chi connectivity index (χ4v) is 2.98. The first-order valence-electron chi connectivity index (χ1n) is 8.65. The topological polar surface area (TPSA) is 98.5 Å². The molecule has 1 amide bonds. The summed E-state index contributed by atoms with van der Waals surface area (Å²) in [6, 6.07) is 3.23. The molecule has 3 heterocycles. The maximum Gasteiger partial charge on any atom is 0.255 e. The summed E-state index contributed by atoms with van der Waals surface area (Å²) in [5.41, 5.74) is 2.26. The van der Waals surface area contributed by atoms with Gasteiger partial charge >= 0.3 is 0 Å². The lowest BCUT2D eigenvalue weighted by Gasteiger charge is -2.32. The Hall–Kier alpha value is -2.45. The van der Waals surface area contributed by atoms with Gasteiger partial charge in [-0.25, -0.2) is 4.98 Å². The van der Waals surface area contributed by atoms with Gasteiger partial charge in [0.1, 0.15) is 11.6 Å². The molecule has 0 aliphatic carbocycles. The first-order valence-corrected chi connectivity index (χ1v) is 8.65. The van der Waals surface area contributed by atoms with E-state index in [-0.39, 0.29) is 18.1 Å². The molecule has 2 atom stereocenters. The summed E-state index contributed by atoms with van der Waals surface area (Å²) in [5.74, 6) is 1.09. The zero-order valence-electron chi connectivity index (χ0n) is 15.2. The highest BCUT2D eigenvalue weighted by atomic mass is 16.5. The number of hydrogen-bond acceptors (Lipinski definition) is 7. The summed E-state index contributed by atoms with van der Waals surface area (Å²) >= 11 is 0. The van der Waals surface area contributed by atoms with Gasteiger partial charge in [0.05, 0.1) is 36.6 Å². The van der Waals surface area contributed by atoms with Gasteiger partial charge in [0.2, 0.25) is 0 Å². The molecule has 0 bridgehead atoms. The van der Waals surface area contributed by atoms with Crippen LogP contribution in [0, 0.1) is 13.8 Å². The number of carbonyl (C=O) groups is 1. The minimum Gasteiger partial charge on any atom is -0.379 e. The second-order valence-electron chi connectivity index (χ2n) is 6.25. The summed E-state index contributed by atoms with van der Waals surface area (Å²) in [4.78, 5) is 16.8. The predicted molar refractivity (Wildman–Crippen MR) is 95.0 cm³/mol. The third-order valence-electron chi connectivity index (χ3n) is 4.52. The number of ether oxygens (including phenoxy) is 2. The molecule has 0 radical (unpaired) electrons. The van der Waals surface area contributed by atoms with Crippen LogP contribution in [0.2, 0.25) is 0 Å². The lowest BCUT2D eigenvalue weighted by Crippen LogP contribution is -2.50. The standard InChI is InChI=1S/C18H24N4O4/c1-11-14(12(2)26-22-11)9-25-16-6-8-24-10-15(16)21-18(23)13-5-4-7-20-17(13)19-3/h4-5,7,15-16H,6,8-10H2,1-3H3,(H,19,20)(H,21,23)/t15-,16+/m1/s1. The van der Waals surface area contributed by atoms with Crippen molar-refractivity contribution in [2.75, 3.05) is 25.6 Å². The Morgan fingerprint density at radius 1 is 1.42 bits per heavy atom. The summed E-state index contributed by atoms with van der Waals surface area (Å²) in [7, 11) is 1.73. The molecule has 1 aliphatic rings. The molecular formula is C18H24N4O4. The Bertz CT molecular complexity index is 742. The van der Waals surface area contributed by atoms with Gasteiger partial charge in [0, 0.05) is 25.4 Å². The minimum absolute atomic E-state index is 0.142. The van der Waals surface area contributed by atoms with E-state index in [0.717, 1.165) is 17.0 Å². The number of aromatic nitrogens is 2. The van der Waals surface area contributed by atoms with Gasteiger partial charge in [0.25, 0.3) is 5.91 Å². The van der Waals surface area contributed by atoms with Crippen LogP contribution < -0.4 is 10.6 Å². The molecule has 0 aromatic carbocycles. The van der Waals surface area contributed by atoms with E-state index >= 15 is 0 Å². The second kappa shape index (κ2) is 8.29. The van der Waals surface area contributed by atoms with Crippen LogP contribution in [0.25, 0.3) is 0 Å². The third-order valence-corrected chi connectivity index (χ3v) is 4.52. The van der Waals surface area contributed by atoms with E-state index in [0.29, 0.717) is 37.6 Å². The molecule has 8 heteroatoms. The van der Waals surface area contributed by atoms with Crippen molar-refractivity contribution in [3.05, 3.63) is 40.9 Å². The molecule has 1 aliphatic heterocycles. The number of pyridine rings is 1. The Kier molecular flexibility index (Phi) is 5.85. The van der Waals surface area contributed by atoms with Crippen molar-refractivity contribution in [1.82, 2.24) is 15.5 Å². The van der Waals surface area contributed by atoms with Gasteiger partial charge < -0.3 is 24.6 Å². The van der Waals surface area contributed by atoms with Gasteiger partial charge in [0.15, 0.2) is 0 Å². The zero-order chi connectivity index (χ0) is 18.5. The Balaban J connectivity index is 1.66. The number of rotatable bonds is 6. The number of hydrogen-bond donors (Lipinski definition) is 2. The van der Waals surface area contributed by atoms with Gasteiger partial charge in [-0.3, -0.25) is 4.79 Å². The van der Waals surface area contributed by atoms with E-state index in [9.17, 15) is 4.79 Å². The van der Waals surface area contributed by atoms with E-state index in [1.54, 1.807) is 25.4 Å². The fraction of sp³-hybridized carbons (Fsp3) is 0.500. The molecule has 2 aromatic rings. The molecule has 26 heavy (non-hydrogen) atoms. The first kappa shape index (κ1) is 18.3. The van der Waals surface area contributed by atoms with Crippen LogP contribution in [0.4, 0.5) is 5.82 Å². The van der Waals surface area contributed by atoms with Gasteiger partial charge in [-0.05, 0) is 32.4 Å². The average Bonchev–Trinajstić information content (AvgIpc) is 2.98. The third kappa shape index (κ3) is 4.03. The Labute approximate surface area is 152 Å². The lowest BCUT2D eigenvalue weighted by molar-refractivity contribution is -0.0608. The molecular weight excluding hydrogens is 336 g/mol. The average molecular weight is 360 g/mol. The highest BCUT2D eigenvalue weighted by molar-refractivity contribution is 5.98. The summed E-state index contributed by atoms with van der Waals surface area (Å²) in [5, 5.41) is 9.88. The molecule has 0 spiro atoms. The molecule has 140 valence electrons. The molecule has 0 saturated carbocycles. The van der Waals surface area contributed by atoms with Crippen LogP contribution in [0.5, 0.6) is 0 Å². The molecule has 0 unspecified atom stereocenters. The van der Waals surface area contributed by atoms with Gasteiger partial charge in [-0.2, -0.15) is 0 Å². The minimum atomic E-state index is -0.235. The maximum absolute atomic E-state index is 12.7. The second-order valence-corrected chi connectivity index (χ2v) is 6.25. The number of carbonyl (C=O) groups excluding carboxylic acids is 1. The molecule has 1 fully saturated rings. The Morgan fingerprint density at radius 3 is 3.00 bits per heavy atom. The monoisotopic (exact) mass is 360 g/mol. The van der Waals surface area contributed by atoms with Crippen molar-refractivity contribution in [2.24, 2.45) is 0 Å². The van der Waals surface area contributed by atoms with Crippen LogP contribution in [0.15, 0.2) is 22.9 Å². The molecule has 2 N–H and O–H groups in total. The number of anilines is 1. The van der Waals surface area contributed by atoms with Gasteiger partial charge in [-0.1, -0.05) is 5.16 Å². The molecule has 3 rings (SSSR count). The van der Waals surface area contributed by atoms with Crippen molar-refractivity contribution in [2.45, 2.75) is 39.0 Å². The predicted octanol–water partition coefficient (Wildman–Crippen LogP) is 1.83. The van der Waals surface area contributed by atoms with Crippen molar-refractivity contribution in [1.29, 1.82) is 0 Å². The summed E-state index contributed by atoms with van der Waals surface area (Å²) in [6.45, 7) is 5.16. The highest BCUT2D eigenvalue weighted by Crippen LogP contribution is 2.19. The van der Waals surface area contributed by atoms with Crippen LogP contribution in [-0.2, 0) is 16.1 Å². The van der Waals surface area contributed by atoms with Crippen LogP contribution in [-0.4, -0.2) is 48.5 Å². The maximum atomic E-state index is 12.7. The molecule has 1 saturated heterocycles. The highest BCUT2D eigenvalue weighted by Gasteiger charge is 2.29.